The Balaban J connectivity index is 1.74. The van der Waals surface area contributed by atoms with Gasteiger partial charge in [-0.15, -0.1) is 22.7 Å². The Morgan fingerprint density at radius 1 is 1.04 bits per heavy atom. The topological polar surface area (TPSA) is 71.1 Å². The molecule has 0 fully saturated rings. The Bertz CT molecular complexity index is 787. The zero-order valence-electron chi connectivity index (χ0n) is 12.6. The van der Waals surface area contributed by atoms with E-state index in [2.05, 4.69) is 15.6 Å². The van der Waals surface area contributed by atoms with Crippen LogP contribution in [0.5, 0.6) is 0 Å². The smallest absolute Gasteiger partial charge is 0.262 e. The molecule has 0 aliphatic carbocycles. The molecule has 2 N–H and O–H groups in total. The first-order valence-electron chi connectivity index (χ1n) is 7.31. The molecule has 0 unspecified atom stereocenters. The van der Waals surface area contributed by atoms with Crippen LogP contribution >= 0.6 is 22.7 Å². The van der Waals surface area contributed by atoms with Crippen molar-refractivity contribution in [3.63, 3.8) is 0 Å². The van der Waals surface area contributed by atoms with Gasteiger partial charge in [0.05, 0.1) is 4.88 Å². The average Bonchev–Trinajstić information content (AvgIpc) is 3.29. The highest BCUT2D eigenvalue weighted by atomic mass is 32.1. The lowest BCUT2D eigenvalue weighted by Crippen LogP contribution is -2.45. The van der Waals surface area contributed by atoms with E-state index in [4.69, 9.17) is 0 Å². The number of aromatic nitrogens is 1. The number of hydrogen-bond acceptors (Lipinski definition) is 5. The first-order valence-corrected chi connectivity index (χ1v) is 9.07. The molecule has 2 aromatic heterocycles. The zero-order valence-corrected chi connectivity index (χ0v) is 14.3. The van der Waals surface area contributed by atoms with Gasteiger partial charge in [-0.1, -0.05) is 36.4 Å². The molecule has 24 heavy (non-hydrogen) atoms. The van der Waals surface area contributed by atoms with Gasteiger partial charge in [-0.05, 0) is 17.0 Å². The maximum atomic E-state index is 12.6. The molecule has 0 aliphatic heterocycles. The van der Waals surface area contributed by atoms with E-state index < -0.39 is 6.04 Å². The van der Waals surface area contributed by atoms with Crippen LogP contribution in [0.4, 0.5) is 5.13 Å². The minimum absolute atomic E-state index is 0.250. The number of carbonyl (C=O) groups is 2. The number of hydrogen-bond donors (Lipinski definition) is 2. The Kier molecular flexibility index (Phi) is 5.35. The summed E-state index contributed by atoms with van der Waals surface area (Å²) in [6, 6.07) is 12.5. The van der Waals surface area contributed by atoms with E-state index in [1.807, 2.05) is 35.7 Å². The highest BCUT2D eigenvalue weighted by Gasteiger charge is 2.23. The summed E-state index contributed by atoms with van der Waals surface area (Å²) in [5.74, 6) is -0.529. The van der Waals surface area contributed by atoms with Gasteiger partial charge < -0.3 is 10.6 Å². The second kappa shape index (κ2) is 7.85. The third-order valence-electron chi connectivity index (χ3n) is 3.31. The van der Waals surface area contributed by atoms with Gasteiger partial charge in [-0.3, -0.25) is 9.59 Å². The van der Waals surface area contributed by atoms with E-state index in [0.717, 1.165) is 5.56 Å². The molecule has 7 heteroatoms. The molecular formula is C17H15N3O2S2. The molecular weight excluding hydrogens is 342 g/mol. The van der Waals surface area contributed by atoms with Crippen LogP contribution in [0.15, 0.2) is 59.4 Å². The van der Waals surface area contributed by atoms with E-state index in [9.17, 15) is 9.59 Å². The second-order valence-electron chi connectivity index (χ2n) is 5.02. The van der Waals surface area contributed by atoms with E-state index in [0.29, 0.717) is 16.4 Å². The number of rotatable bonds is 6. The lowest BCUT2D eigenvalue weighted by molar-refractivity contribution is -0.118. The van der Waals surface area contributed by atoms with Crippen molar-refractivity contribution in [2.75, 3.05) is 5.32 Å². The fraction of sp³-hybridized carbons (Fsp3) is 0.118. The number of anilines is 1. The number of nitrogens with one attached hydrogen (secondary N) is 2. The fourth-order valence-corrected chi connectivity index (χ4v) is 3.33. The molecule has 0 bridgehead atoms. The summed E-state index contributed by atoms with van der Waals surface area (Å²) in [4.78, 5) is 29.5. The maximum Gasteiger partial charge on any atom is 0.262 e. The van der Waals surface area contributed by atoms with Gasteiger partial charge in [0, 0.05) is 18.0 Å². The van der Waals surface area contributed by atoms with Crippen molar-refractivity contribution in [2.45, 2.75) is 12.5 Å². The fourth-order valence-electron chi connectivity index (χ4n) is 2.17. The molecule has 3 rings (SSSR count). The lowest BCUT2D eigenvalue weighted by Gasteiger charge is -2.17. The van der Waals surface area contributed by atoms with Gasteiger partial charge >= 0.3 is 0 Å². The first-order chi connectivity index (χ1) is 11.7. The predicted octanol–water partition coefficient (Wildman–Crippen LogP) is 3.18. The molecule has 2 heterocycles. The molecule has 1 atom stereocenters. The third-order valence-corrected chi connectivity index (χ3v) is 4.87. The molecule has 122 valence electrons. The SMILES string of the molecule is O=C(N[C@@H](Cc1ccccc1)C(=O)Nc1nccs1)c1cccs1. The molecule has 0 spiro atoms. The summed E-state index contributed by atoms with van der Waals surface area (Å²) < 4.78 is 0. The molecule has 2 amide bonds. The summed E-state index contributed by atoms with van der Waals surface area (Å²) in [5.41, 5.74) is 0.975. The van der Waals surface area contributed by atoms with Gasteiger partial charge in [-0.2, -0.15) is 0 Å². The zero-order chi connectivity index (χ0) is 16.8. The van der Waals surface area contributed by atoms with Crippen molar-refractivity contribution >= 4 is 39.6 Å². The molecule has 0 radical (unpaired) electrons. The van der Waals surface area contributed by atoms with Gasteiger partial charge in [0.25, 0.3) is 5.91 Å². The minimum atomic E-state index is -0.675. The Labute approximate surface area is 147 Å². The quantitative estimate of drug-likeness (QED) is 0.712. The molecule has 0 aliphatic rings. The Morgan fingerprint density at radius 2 is 1.88 bits per heavy atom. The van der Waals surface area contributed by atoms with E-state index in [-0.39, 0.29) is 11.8 Å². The number of thiazole rings is 1. The van der Waals surface area contributed by atoms with Crippen LogP contribution in [0.25, 0.3) is 0 Å². The largest absolute Gasteiger partial charge is 0.339 e. The number of carbonyl (C=O) groups excluding carboxylic acids is 2. The van der Waals surface area contributed by atoms with Crippen LogP contribution in [-0.4, -0.2) is 22.8 Å². The molecule has 3 aromatic rings. The van der Waals surface area contributed by atoms with E-state index in [1.165, 1.54) is 22.7 Å². The van der Waals surface area contributed by atoms with Crippen LogP contribution < -0.4 is 10.6 Å². The molecule has 0 saturated heterocycles. The summed E-state index contributed by atoms with van der Waals surface area (Å²) >= 11 is 2.68. The van der Waals surface area contributed by atoms with Gasteiger partial charge in [0.2, 0.25) is 5.91 Å². The van der Waals surface area contributed by atoms with Crippen LogP contribution in [-0.2, 0) is 11.2 Å². The van der Waals surface area contributed by atoms with Crippen molar-refractivity contribution < 1.29 is 9.59 Å². The van der Waals surface area contributed by atoms with Crippen LogP contribution in [0.2, 0.25) is 0 Å². The van der Waals surface area contributed by atoms with E-state index in [1.54, 1.807) is 23.7 Å². The number of amides is 2. The maximum absolute atomic E-state index is 12.6. The summed E-state index contributed by atoms with van der Waals surface area (Å²) in [6.45, 7) is 0. The highest BCUT2D eigenvalue weighted by molar-refractivity contribution is 7.13. The summed E-state index contributed by atoms with van der Waals surface area (Å²) in [6.07, 6.45) is 2.03. The monoisotopic (exact) mass is 357 g/mol. The minimum Gasteiger partial charge on any atom is -0.339 e. The second-order valence-corrected chi connectivity index (χ2v) is 6.86. The van der Waals surface area contributed by atoms with Crippen molar-refractivity contribution in [3.05, 3.63) is 69.9 Å². The van der Waals surface area contributed by atoms with Crippen LogP contribution in [0.1, 0.15) is 15.2 Å². The first kappa shape index (κ1) is 16.4. The Hall–Kier alpha value is -2.51. The average molecular weight is 357 g/mol. The summed E-state index contributed by atoms with van der Waals surface area (Å²) in [5, 5.41) is 9.70. The lowest BCUT2D eigenvalue weighted by atomic mass is 10.1. The molecule has 1 aromatic carbocycles. The standard InChI is InChI=1S/C17H15N3O2S2/c21-15(20-17-18-8-10-24-17)13(11-12-5-2-1-3-6-12)19-16(22)14-7-4-9-23-14/h1-10,13H,11H2,(H,19,22)(H,18,20,21)/t13-/m0/s1. The van der Waals surface area contributed by atoms with E-state index >= 15 is 0 Å². The van der Waals surface area contributed by atoms with Gasteiger partial charge in [-0.25, -0.2) is 4.98 Å². The molecule has 0 saturated carbocycles. The number of nitrogens with zero attached hydrogens (tertiary/aromatic N) is 1. The van der Waals surface area contributed by atoms with Crippen molar-refractivity contribution in [1.82, 2.24) is 10.3 Å². The number of thiophene rings is 1. The van der Waals surface area contributed by atoms with Gasteiger partial charge in [0.1, 0.15) is 6.04 Å². The van der Waals surface area contributed by atoms with Crippen molar-refractivity contribution in [3.8, 4) is 0 Å². The Morgan fingerprint density at radius 3 is 2.54 bits per heavy atom. The van der Waals surface area contributed by atoms with Crippen LogP contribution in [0.3, 0.4) is 0 Å². The highest BCUT2D eigenvalue weighted by Crippen LogP contribution is 2.13. The molecule has 5 nitrogen and oxygen atoms in total. The van der Waals surface area contributed by atoms with Crippen LogP contribution in [0, 0.1) is 0 Å². The van der Waals surface area contributed by atoms with Gasteiger partial charge in [0.15, 0.2) is 5.13 Å². The van der Waals surface area contributed by atoms with Crippen molar-refractivity contribution in [1.29, 1.82) is 0 Å². The summed E-state index contributed by atoms with van der Waals surface area (Å²) in [7, 11) is 0. The third kappa shape index (κ3) is 4.27. The normalized spacial score (nSPS) is 11.7. The number of benzene rings is 1. The predicted molar refractivity (Wildman–Crippen MR) is 96.5 cm³/mol. The van der Waals surface area contributed by atoms with Crippen molar-refractivity contribution in [2.24, 2.45) is 0 Å².